The van der Waals surface area contributed by atoms with Gasteiger partial charge in [0.15, 0.2) is 0 Å². The SMILES string of the molecule is Cn1c(=O)cc(OCc2ccccc2)n1COCc1ccccc1. The zero-order chi connectivity index (χ0) is 16.8. The van der Waals surface area contributed by atoms with E-state index in [1.165, 1.54) is 10.7 Å². The van der Waals surface area contributed by atoms with Crippen LogP contribution in [0.15, 0.2) is 71.5 Å². The zero-order valence-corrected chi connectivity index (χ0v) is 13.6. The van der Waals surface area contributed by atoms with Crippen LogP contribution in [0.2, 0.25) is 0 Å². The molecule has 3 rings (SSSR count). The van der Waals surface area contributed by atoms with Crippen LogP contribution in [-0.4, -0.2) is 9.36 Å². The Kier molecular flexibility index (Phi) is 5.13. The van der Waals surface area contributed by atoms with Crippen LogP contribution in [0, 0.1) is 0 Å². The van der Waals surface area contributed by atoms with Gasteiger partial charge in [-0.25, -0.2) is 9.36 Å². The molecule has 1 aromatic heterocycles. The largest absolute Gasteiger partial charge is 0.473 e. The number of hydrogen-bond acceptors (Lipinski definition) is 3. The summed E-state index contributed by atoms with van der Waals surface area (Å²) in [4.78, 5) is 11.9. The van der Waals surface area contributed by atoms with Gasteiger partial charge in [0, 0.05) is 7.05 Å². The third-order valence-electron chi connectivity index (χ3n) is 3.74. The van der Waals surface area contributed by atoms with Crippen molar-refractivity contribution in [1.82, 2.24) is 9.36 Å². The minimum absolute atomic E-state index is 0.124. The summed E-state index contributed by atoms with van der Waals surface area (Å²) in [6.45, 7) is 1.13. The topological polar surface area (TPSA) is 45.4 Å². The third-order valence-corrected chi connectivity index (χ3v) is 3.74. The van der Waals surface area contributed by atoms with Crippen LogP contribution in [0.5, 0.6) is 5.88 Å². The Morgan fingerprint density at radius 3 is 2.08 bits per heavy atom. The van der Waals surface area contributed by atoms with Gasteiger partial charge in [-0.1, -0.05) is 60.7 Å². The Bertz CT molecular complexity index is 823. The number of benzene rings is 2. The van der Waals surface area contributed by atoms with Crippen molar-refractivity contribution in [3.05, 3.63) is 88.2 Å². The Labute approximate surface area is 140 Å². The van der Waals surface area contributed by atoms with Crippen molar-refractivity contribution in [2.75, 3.05) is 0 Å². The Balaban J connectivity index is 1.65. The highest BCUT2D eigenvalue weighted by Gasteiger charge is 2.10. The molecule has 0 aliphatic heterocycles. The van der Waals surface area contributed by atoms with Crippen molar-refractivity contribution in [1.29, 1.82) is 0 Å². The summed E-state index contributed by atoms with van der Waals surface area (Å²) in [5, 5.41) is 0. The van der Waals surface area contributed by atoms with Gasteiger partial charge in [0.25, 0.3) is 5.56 Å². The summed E-state index contributed by atoms with van der Waals surface area (Å²) in [5.74, 6) is 0.499. The third kappa shape index (κ3) is 3.94. The molecule has 0 aliphatic rings. The minimum Gasteiger partial charge on any atom is -0.473 e. The van der Waals surface area contributed by atoms with Gasteiger partial charge in [0.2, 0.25) is 5.88 Å². The van der Waals surface area contributed by atoms with Crippen LogP contribution in [0.4, 0.5) is 0 Å². The summed E-state index contributed by atoms with van der Waals surface area (Å²) >= 11 is 0. The summed E-state index contributed by atoms with van der Waals surface area (Å²) in [6.07, 6.45) is 0. The van der Waals surface area contributed by atoms with Gasteiger partial charge < -0.3 is 9.47 Å². The van der Waals surface area contributed by atoms with Crippen molar-refractivity contribution >= 4 is 0 Å². The first-order chi connectivity index (χ1) is 11.7. The molecule has 0 spiro atoms. The lowest BCUT2D eigenvalue weighted by Gasteiger charge is -2.13. The Morgan fingerprint density at radius 1 is 0.875 bits per heavy atom. The maximum absolute atomic E-state index is 11.9. The van der Waals surface area contributed by atoms with E-state index < -0.39 is 0 Å². The number of ether oxygens (including phenoxy) is 2. The van der Waals surface area contributed by atoms with Crippen LogP contribution >= 0.6 is 0 Å². The van der Waals surface area contributed by atoms with Crippen LogP contribution in [0.25, 0.3) is 0 Å². The first kappa shape index (κ1) is 16.1. The van der Waals surface area contributed by atoms with E-state index in [4.69, 9.17) is 9.47 Å². The molecule has 0 radical (unpaired) electrons. The van der Waals surface area contributed by atoms with Gasteiger partial charge in [-0.15, -0.1) is 0 Å². The van der Waals surface area contributed by atoms with Gasteiger partial charge >= 0.3 is 0 Å². The van der Waals surface area contributed by atoms with Gasteiger partial charge in [0.1, 0.15) is 13.3 Å². The molecule has 1 heterocycles. The quantitative estimate of drug-likeness (QED) is 0.671. The van der Waals surface area contributed by atoms with E-state index >= 15 is 0 Å². The average molecular weight is 324 g/mol. The maximum Gasteiger partial charge on any atom is 0.270 e. The highest BCUT2D eigenvalue weighted by atomic mass is 16.5. The van der Waals surface area contributed by atoms with E-state index in [1.807, 2.05) is 60.7 Å². The first-order valence-electron chi connectivity index (χ1n) is 7.79. The highest BCUT2D eigenvalue weighted by Crippen LogP contribution is 2.12. The van der Waals surface area contributed by atoms with E-state index in [0.717, 1.165) is 11.1 Å². The molecule has 0 atom stereocenters. The number of aromatic nitrogens is 2. The standard InChI is InChI=1S/C19H20N2O3/c1-20-18(22)12-19(24-14-17-10-6-3-7-11-17)21(20)15-23-13-16-8-4-2-5-9-16/h2-12H,13-15H2,1H3. The second-order valence-corrected chi connectivity index (χ2v) is 5.48. The van der Waals surface area contributed by atoms with Crippen LogP contribution in [0.1, 0.15) is 11.1 Å². The van der Waals surface area contributed by atoms with E-state index in [9.17, 15) is 4.79 Å². The number of hydrogen-bond donors (Lipinski definition) is 0. The molecule has 24 heavy (non-hydrogen) atoms. The van der Waals surface area contributed by atoms with Crippen molar-refractivity contribution in [2.24, 2.45) is 7.05 Å². The predicted octanol–water partition coefficient (Wildman–Crippen LogP) is 2.94. The first-order valence-corrected chi connectivity index (χ1v) is 7.79. The minimum atomic E-state index is -0.124. The second-order valence-electron chi connectivity index (χ2n) is 5.48. The fraction of sp³-hybridized carbons (Fsp3) is 0.211. The van der Waals surface area contributed by atoms with Crippen molar-refractivity contribution in [2.45, 2.75) is 19.9 Å². The lowest BCUT2D eigenvalue weighted by molar-refractivity contribution is 0.0409. The molecule has 0 unspecified atom stereocenters. The molecule has 124 valence electrons. The normalized spacial score (nSPS) is 10.7. The second kappa shape index (κ2) is 7.66. The molecular weight excluding hydrogens is 304 g/mol. The van der Waals surface area contributed by atoms with Crippen LogP contribution in [0.3, 0.4) is 0 Å². The van der Waals surface area contributed by atoms with Gasteiger partial charge in [-0.05, 0) is 11.1 Å². The fourth-order valence-electron chi connectivity index (χ4n) is 2.36. The zero-order valence-electron chi connectivity index (χ0n) is 13.6. The lowest BCUT2D eigenvalue weighted by atomic mass is 10.2. The van der Waals surface area contributed by atoms with E-state index in [2.05, 4.69) is 0 Å². The van der Waals surface area contributed by atoms with Gasteiger partial charge in [-0.2, -0.15) is 0 Å². The van der Waals surface area contributed by atoms with Crippen LogP contribution < -0.4 is 10.3 Å². The fourth-order valence-corrected chi connectivity index (χ4v) is 2.36. The molecule has 5 heteroatoms. The van der Waals surface area contributed by atoms with Crippen molar-refractivity contribution in [3.8, 4) is 5.88 Å². The summed E-state index contributed by atoms with van der Waals surface area (Å²) in [6, 6.07) is 21.2. The van der Waals surface area contributed by atoms with Crippen molar-refractivity contribution < 1.29 is 9.47 Å². The molecule has 0 aliphatic carbocycles. The molecule has 5 nitrogen and oxygen atoms in total. The summed E-state index contributed by atoms with van der Waals surface area (Å²) < 4.78 is 14.7. The predicted molar refractivity (Wildman–Crippen MR) is 91.7 cm³/mol. The Hall–Kier alpha value is -2.79. The lowest BCUT2D eigenvalue weighted by Crippen LogP contribution is -2.20. The molecule has 0 saturated heterocycles. The molecule has 0 amide bonds. The molecule has 2 aromatic carbocycles. The molecule has 0 saturated carbocycles. The van der Waals surface area contributed by atoms with Crippen molar-refractivity contribution in [3.63, 3.8) is 0 Å². The Morgan fingerprint density at radius 2 is 1.46 bits per heavy atom. The molecule has 0 fully saturated rings. The van der Waals surface area contributed by atoms with E-state index in [0.29, 0.717) is 19.1 Å². The average Bonchev–Trinajstić information content (AvgIpc) is 2.89. The smallest absolute Gasteiger partial charge is 0.270 e. The molecule has 0 N–H and O–H groups in total. The van der Waals surface area contributed by atoms with Gasteiger partial charge in [0.05, 0.1) is 12.7 Å². The molecular formula is C19H20N2O3. The highest BCUT2D eigenvalue weighted by molar-refractivity contribution is 5.16. The van der Waals surface area contributed by atoms with Gasteiger partial charge in [-0.3, -0.25) is 4.79 Å². The van der Waals surface area contributed by atoms with Crippen LogP contribution in [-0.2, 0) is 31.7 Å². The van der Waals surface area contributed by atoms with E-state index in [1.54, 1.807) is 11.7 Å². The summed E-state index contributed by atoms with van der Waals surface area (Å²) in [7, 11) is 1.70. The molecule has 0 bridgehead atoms. The van der Waals surface area contributed by atoms with E-state index in [-0.39, 0.29) is 12.3 Å². The monoisotopic (exact) mass is 324 g/mol. The summed E-state index contributed by atoms with van der Waals surface area (Å²) in [5.41, 5.74) is 2.01. The number of rotatable bonds is 7. The molecule has 3 aromatic rings. The maximum atomic E-state index is 11.9. The number of nitrogens with zero attached hydrogens (tertiary/aromatic N) is 2.